The van der Waals surface area contributed by atoms with Gasteiger partial charge in [-0.3, -0.25) is 4.90 Å². The second-order valence-electron chi connectivity index (χ2n) is 7.61. The molecule has 1 aliphatic heterocycles. The van der Waals surface area contributed by atoms with Crippen molar-refractivity contribution in [3.8, 4) is 5.75 Å². The van der Waals surface area contributed by atoms with Gasteiger partial charge in [-0.15, -0.1) is 0 Å². The Hall–Kier alpha value is -2.66. The number of nitrogens with zero attached hydrogens (tertiary/aromatic N) is 3. The molecule has 1 aromatic heterocycles. The van der Waals surface area contributed by atoms with E-state index in [2.05, 4.69) is 58.3 Å². The molecule has 0 saturated carbocycles. The second-order valence-corrected chi connectivity index (χ2v) is 7.61. The number of anilines is 1. The summed E-state index contributed by atoms with van der Waals surface area (Å²) in [7, 11) is 0. The average Bonchev–Trinajstić information content (AvgIpc) is 2.68. The molecule has 0 spiro atoms. The second kappa shape index (κ2) is 7.53. The van der Waals surface area contributed by atoms with E-state index in [9.17, 15) is 5.11 Å². The number of aromatic nitrogens is 2. The minimum Gasteiger partial charge on any atom is -0.508 e. The molecule has 3 aromatic rings. The van der Waals surface area contributed by atoms with E-state index in [1.807, 2.05) is 6.07 Å². The van der Waals surface area contributed by atoms with Crippen molar-refractivity contribution in [1.82, 2.24) is 14.9 Å². The van der Waals surface area contributed by atoms with E-state index in [1.54, 1.807) is 18.5 Å². The third kappa shape index (κ3) is 3.74. The van der Waals surface area contributed by atoms with Crippen LogP contribution in [0.5, 0.6) is 5.75 Å². The number of benzene rings is 2. The van der Waals surface area contributed by atoms with E-state index >= 15 is 0 Å². The third-order valence-corrected chi connectivity index (χ3v) is 5.50. The van der Waals surface area contributed by atoms with Crippen molar-refractivity contribution in [2.75, 3.05) is 18.4 Å². The van der Waals surface area contributed by atoms with Gasteiger partial charge >= 0.3 is 0 Å². The highest BCUT2D eigenvalue weighted by atomic mass is 16.3. The summed E-state index contributed by atoms with van der Waals surface area (Å²) in [6, 6.07) is 14.3. The van der Waals surface area contributed by atoms with Gasteiger partial charge < -0.3 is 10.4 Å². The van der Waals surface area contributed by atoms with E-state index in [4.69, 9.17) is 0 Å². The summed E-state index contributed by atoms with van der Waals surface area (Å²) in [5.74, 6) is 1.52. The number of hydrogen-bond donors (Lipinski definition) is 2. The van der Waals surface area contributed by atoms with Crippen molar-refractivity contribution in [1.29, 1.82) is 0 Å². The Labute approximate surface area is 160 Å². The molecule has 27 heavy (non-hydrogen) atoms. The standard InChI is InChI=1S/C22H26N4O/c1-15(2)21(26-10-9-16-5-3-4-6-17(16)13-26)12-23-22-19-11-18(27)7-8-20(19)24-14-25-22/h3-8,11,14-15,21,27H,9-10,12-13H2,1-2H3,(H,23,24,25). The maximum atomic E-state index is 9.83. The van der Waals surface area contributed by atoms with Crippen LogP contribution in [0.1, 0.15) is 25.0 Å². The van der Waals surface area contributed by atoms with Crippen LogP contribution in [0.25, 0.3) is 10.9 Å². The van der Waals surface area contributed by atoms with Gasteiger partial charge in [-0.25, -0.2) is 9.97 Å². The highest BCUT2D eigenvalue weighted by Gasteiger charge is 2.25. The van der Waals surface area contributed by atoms with E-state index in [0.717, 1.165) is 42.8 Å². The number of phenols is 1. The fraction of sp³-hybridized carbons (Fsp3) is 0.364. The minimum absolute atomic E-state index is 0.230. The van der Waals surface area contributed by atoms with Gasteiger partial charge in [0, 0.05) is 31.1 Å². The van der Waals surface area contributed by atoms with Gasteiger partial charge in [-0.2, -0.15) is 0 Å². The molecule has 2 N–H and O–H groups in total. The number of phenolic OH excluding ortho intramolecular Hbond substituents is 1. The SMILES string of the molecule is CC(C)C(CNc1ncnc2ccc(O)cc12)N1CCc2ccccc2C1. The first kappa shape index (κ1) is 17.7. The van der Waals surface area contributed by atoms with Crippen molar-refractivity contribution in [2.45, 2.75) is 32.9 Å². The van der Waals surface area contributed by atoms with Crippen LogP contribution in [0.2, 0.25) is 0 Å². The van der Waals surface area contributed by atoms with Crippen LogP contribution >= 0.6 is 0 Å². The van der Waals surface area contributed by atoms with Crippen molar-refractivity contribution < 1.29 is 5.11 Å². The van der Waals surface area contributed by atoms with Crippen molar-refractivity contribution in [2.24, 2.45) is 5.92 Å². The molecule has 0 amide bonds. The van der Waals surface area contributed by atoms with Gasteiger partial charge in [0.05, 0.1) is 5.52 Å². The van der Waals surface area contributed by atoms with E-state index in [1.165, 1.54) is 11.1 Å². The Balaban J connectivity index is 1.53. The Morgan fingerprint density at radius 1 is 1.11 bits per heavy atom. The number of rotatable bonds is 5. The molecule has 5 nitrogen and oxygen atoms in total. The minimum atomic E-state index is 0.230. The number of fused-ring (bicyclic) bond motifs is 2. The lowest BCUT2D eigenvalue weighted by Crippen LogP contribution is -2.46. The average molecular weight is 362 g/mol. The zero-order valence-electron chi connectivity index (χ0n) is 15.9. The summed E-state index contributed by atoms with van der Waals surface area (Å²) in [4.78, 5) is 11.3. The Morgan fingerprint density at radius 3 is 2.74 bits per heavy atom. The highest BCUT2D eigenvalue weighted by molar-refractivity contribution is 5.89. The molecule has 1 unspecified atom stereocenters. The number of aromatic hydroxyl groups is 1. The zero-order chi connectivity index (χ0) is 18.8. The van der Waals surface area contributed by atoms with Gasteiger partial charge in [0.25, 0.3) is 0 Å². The lowest BCUT2D eigenvalue weighted by Gasteiger charge is -2.38. The van der Waals surface area contributed by atoms with Gasteiger partial charge in [-0.05, 0) is 41.7 Å². The number of hydrogen-bond acceptors (Lipinski definition) is 5. The summed E-state index contributed by atoms with van der Waals surface area (Å²) in [6.45, 7) is 7.42. The molecule has 2 aromatic carbocycles. The molecule has 0 fully saturated rings. The lowest BCUT2D eigenvalue weighted by atomic mass is 9.95. The van der Waals surface area contributed by atoms with Crippen molar-refractivity contribution in [3.05, 3.63) is 59.9 Å². The van der Waals surface area contributed by atoms with E-state index in [-0.39, 0.29) is 5.75 Å². The topological polar surface area (TPSA) is 61.3 Å². The Kier molecular flexibility index (Phi) is 4.94. The smallest absolute Gasteiger partial charge is 0.137 e. The van der Waals surface area contributed by atoms with Crippen LogP contribution in [0.3, 0.4) is 0 Å². The molecule has 140 valence electrons. The highest BCUT2D eigenvalue weighted by Crippen LogP contribution is 2.26. The molecule has 0 aliphatic carbocycles. The van der Waals surface area contributed by atoms with Crippen LogP contribution in [0.4, 0.5) is 5.82 Å². The normalized spacial score (nSPS) is 15.7. The molecule has 0 radical (unpaired) electrons. The molecule has 5 heteroatoms. The summed E-state index contributed by atoms with van der Waals surface area (Å²) in [6.07, 6.45) is 2.67. The van der Waals surface area contributed by atoms with Crippen LogP contribution in [0, 0.1) is 5.92 Å². The first-order valence-electron chi connectivity index (χ1n) is 9.60. The summed E-state index contributed by atoms with van der Waals surface area (Å²) >= 11 is 0. The fourth-order valence-electron chi connectivity index (χ4n) is 3.97. The molecular formula is C22H26N4O. The molecule has 1 aliphatic rings. The summed E-state index contributed by atoms with van der Waals surface area (Å²) in [5.41, 5.74) is 3.74. The van der Waals surface area contributed by atoms with Crippen molar-refractivity contribution in [3.63, 3.8) is 0 Å². The van der Waals surface area contributed by atoms with Crippen LogP contribution in [-0.4, -0.2) is 39.1 Å². The van der Waals surface area contributed by atoms with Crippen molar-refractivity contribution >= 4 is 16.7 Å². The zero-order valence-corrected chi connectivity index (χ0v) is 15.9. The largest absolute Gasteiger partial charge is 0.508 e. The molecule has 1 atom stereocenters. The quantitative estimate of drug-likeness (QED) is 0.722. The predicted octanol–water partition coefficient (Wildman–Crippen LogP) is 3.83. The first-order valence-corrected chi connectivity index (χ1v) is 9.60. The molecular weight excluding hydrogens is 336 g/mol. The van der Waals surface area contributed by atoms with Crippen LogP contribution in [0.15, 0.2) is 48.8 Å². The molecule has 0 saturated heterocycles. The molecule has 0 bridgehead atoms. The monoisotopic (exact) mass is 362 g/mol. The summed E-state index contributed by atoms with van der Waals surface area (Å²) < 4.78 is 0. The molecule has 2 heterocycles. The Bertz CT molecular complexity index is 940. The maximum absolute atomic E-state index is 9.83. The summed E-state index contributed by atoms with van der Waals surface area (Å²) in [5, 5.41) is 14.2. The predicted molar refractivity (Wildman–Crippen MR) is 109 cm³/mol. The van der Waals surface area contributed by atoms with E-state index < -0.39 is 0 Å². The van der Waals surface area contributed by atoms with Crippen LogP contribution < -0.4 is 5.32 Å². The Morgan fingerprint density at radius 2 is 1.93 bits per heavy atom. The van der Waals surface area contributed by atoms with Crippen LogP contribution in [-0.2, 0) is 13.0 Å². The first-order chi connectivity index (χ1) is 13.1. The van der Waals surface area contributed by atoms with Gasteiger partial charge in [0.2, 0.25) is 0 Å². The van der Waals surface area contributed by atoms with Gasteiger partial charge in [-0.1, -0.05) is 38.1 Å². The maximum Gasteiger partial charge on any atom is 0.137 e. The van der Waals surface area contributed by atoms with Gasteiger partial charge in [0.15, 0.2) is 0 Å². The number of nitrogens with one attached hydrogen (secondary N) is 1. The third-order valence-electron chi connectivity index (χ3n) is 5.50. The van der Waals surface area contributed by atoms with E-state index in [0.29, 0.717) is 12.0 Å². The fourth-order valence-corrected chi connectivity index (χ4v) is 3.97. The van der Waals surface area contributed by atoms with Gasteiger partial charge in [0.1, 0.15) is 17.9 Å². The molecule has 4 rings (SSSR count). The lowest BCUT2D eigenvalue weighted by molar-refractivity contribution is 0.147.